The lowest BCUT2D eigenvalue weighted by atomic mass is 10.3. The van der Waals surface area contributed by atoms with E-state index in [1.165, 1.54) is 36.4 Å². The molecule has 2 rings (SSSR count). The van der Waals surface area contributed by atoms with Crippen LogP contribution in [0.2, 0.25) is 0 Å². The first-order chi connectivity index (χ1) is 12.0. The molecule has 8 heteroatoms. The van der Waals surface area contributed by atoms with E-state index in [9.17, 15) is 19.3 Å². The van der Waals surface area contributed by atoms with Gasteiger partial charge in [0.15, 0.2) is 0 Å². The van der Waals surface area contributed by atoms with Crippen molar-refractivity contribution in [3.63, 3.8) is 0 Å². The van der Waals surface area contributed by atoms with Gasteiger partial charge in [-0.25, -0.2) is 9.18 Å². The molecule has 0 aliphatic carbocycles. The van der Waals surface area contributed by atoms with E-state index >= 15 is 0 Å². The van der Waals surface area contributed by atoms with E-state index in [0.717, 1.165) is 12.8 Å². The van der Waals surface area contributed by atoms with E-state index in [-0.39, 0.29) is 17.5 Å². The number of hydrogen-bond donors (Lipinski definition) is 2. The summed E-state index contributed by atoms with van der Waals surface area (Å²) in [6, 6.07) is 11.0. The number of carbonyl (C=O) groups excluding carboxylic acids is 1. The number of anilines is 1. The number of rotatable bonds is 8. The number of benzene rings is 2. The fraction of sp³-hybridized carbons (Fsp3) is 0.235. The number of nitro benzene ring substituents is 1. The van der Waals surface area contributed by atoms with Crippen LogP contribution in [0, 0.1) is 15.9 Å². The second kappa shape index (κ2) is 9.21. The molecule has 0 bridgehead atoms. The highest BCUT2D eigenvalue weighted by Crippen LogP contribution is 2.15. The third-order valence-corrected chi connectivity index (χ3v) is 3.28. The molecule has 0 spiro atoms. The van der Waals surface area contributed by atoms with Gasteiger partial charge >= 0.3 is 6.03 Å². The molecule has 0 saturated heterocycles. The van der Waals surface area contributed by atoms with Gasteiger partial charge in [-0.2, -0.15) is 0 Å². The average molecular weight is 347 g/mol. The van der Waals surface area contributed by atoms with Crippen LogP contribution in [0.3, 0.4) is 0 Å². The number of amides is 2. The number of carbonyl (C=O) groups is 1. The molecule has 7 nitrogen and oxygen atoms in total. The standard InChI is InChI=1S/C17H18FN3O4/c18-13-3-9-16(10-4-13)25-12-2-1-11-19-17(22)20-14-5-7-15(8-6-14)21(23)24/h3-10H,1-2,11-12H2,(H2,19,20,22). The monoisotopic (exact) mass is 347 g/mol. The SMILES string of the molecule is O=C(NCCCCOc1ccc(F)cc1)Nc1ccc([N+](=O)[O-])cc1. The van der Waals surface area contributed by atoms with Crippen LogP contribution < -0.4 is 15.4 Å². The van der Waals surface area contributed by atoms with Crippen molar-refractivity contribution in [2.24, 2.45) is 0 Å². The molecule has 0 radical (unpaired) electrons. The minimum absolute atomic E-state index is 0.0351. The third-order valence-electron chi connectivity index (χ3n) is 3.28. The van der Waals surface area contributed by atoms with E-state index in [2.05, 4.69) is 10.6 Å². The van der Waals surface area contributed by atoms with Crippen LogP contribution >= 0.6 is 0 Å². The van der Waals surface area contributed by atoms with Crippen molar-refractivity contribution in [3.05, 3.63) is 64.5 Å². The maximum absolute atomic E-state index is 12.7. The topological polar surface area (TPSA) is 93.5 Å². The van der Waals surface area contributed by atoms with E-state index in [4.69, 9.17) is 4.74 Å². The molecule has 0 aliphatic heterocycles. The summed E-state index contributed by atoms with van der Waals surface area (Å²) in [6.45, 7) is 0.933. The second-order valence-corrected chi connectivity index (χ2v) is 5.19. The van der Waals surface area contributed by atoms with Gasteiger partial charge in [0.2, 0.25) is 0 Å². The third kappa shape index (κ3) is 6.46. The predicted molar refractivity (Wildman–Crippen MR) is 91.2 cm³/mol. The van der Waals surface area contributed by atoms with Crippen molar-refractivity contribution >= 4 is 17.4 Å². The molecule has 132 valence electrons. The Morgan fingerprint density at radius 2 is 1.76 bits per heavy atom. The zero-order valence-electron chi connectivity index (χ0n) is 13.4. The van der Waals surface area contributed by atoms with Gasteiger partial charge < -0.3 is 15.4 Å². The molecular formula is C17H18FN3O4. The molecule has 2 aromatic rings. The fourth-order valence-corrected chi connectivity index (χ4v) is 1.99. The Bertz CT molecular complexity index is 705. The van der Waals surface area contributed by atoms with E-state index in [1.54, 1.807) is 12.1 Å². The summed E-state index contributed by atoms with van der Waals surface area (Å²) >= 11 is 0. The summed E-state index contributed by atoms with van der Waals surface area (Å²) in [5.74, 6) is 0.292. The van der Waals surface area contributed by atoms with Crippen LogP contribution in [-0.2, 0) is 0 Å². The van der Waals surface area contributed by atoms with Crippen LogP contribution in [0.25, 0.3) is 0 Å². The maximum Gasteiger partial charge on any atom is 0.319 e. The number of nitrogens with one attached hydrogen (secondary N) is 2. The summed E-state index contributed by atoms with van der Waals surface area (Å²) < 4.78 is 18.2. The van der Waals surface area contributed by atoms with Gasteiger partial charge in [-0.3, -0.25) is 10.1 Å². The number of nitrogens with zero attached hydrogens (tertiary/aromatic N) is 1. The highest BCUT2D eigenvalue weighted by Gasteiger charge is 2.05. The van der Waals surface area contributed by atoms with Crippen molar-refractivity contribution in [3.8, 4) is 5.75 Å². The van der Waals surface area contributed by atoms with Gasteiger partial charge in [-0.1, -0.05) is 0 Å². The van der Waals surface area contributed by atoms with Crippen molar-refractivity contribution in [2.45, 2.75) is 12.8 Å². The molecule has 2 aromatic carbocycles. The van der Waals surface area contributed by atoms with Crippen LogP contribution in [-0.4, -0.2) is 24.1 Å². The molecule has 25 heavy (non-hydrogen) atoms. The number of urea groups is 1. The van der Waals surface area contributed by atoms with Gasteiger partial charge in [-0.15, -0.1) is 0 Å². The van der Waals surface area contributed by atoms with Crippen LogP contribution in [0.1, 0.15) is 12.8 Å². The molecule has 2 N–H and O–H groups in total. The van der Waals surface area contributed by atoms with Gasteiger partial charge in [-0.05, 0) is 49.2 Å². The van der Waals surface area contributed by atoms with Gasteiger partial charge in [0.05, 0.1) is 11.5 Å². The molecule has 0 saturated carbocycles. The summed E-state index contributed by atoms with van der Waals surface area (Å²) in [5.41, 5.74) is 0.440. The van der Waals surface area contributed by atoms with Gasteiger partial charge in [0.1, 0.15) is 11.6 Å². The summed E-state index contributed by atoms with van der Waals surface area (Å²) in [4.78, 5) is 21.7. The lowest BCUT2D eigenvalue weighted by molar-refractivity contribution is -0.384. The minimum atomic E-state index is -0.502. The van der Waals surface area contributed by atoms with Crippen molar-refractivity contribution in [1.82, 2.24) is 5.32 Å². The Morgan fingerprint density at radius 1 is 1.08 bits per heavy atom. The molecule has 0 aliphatic rings. The predicted octanol–water partition coefficient (Wildman–Crippen LogP) is 3.71. The summed E-state index contributed by atoms with van der Waals surface area (Å²) in [7, 11) is 0. The molecule has 0 heterocycles. The minimum Gasteiger partial charge on any atom is -0.494 e. The van der Waals surface area contributed by atoms with E-state index < -0.39 is 4.92 Å². The molecular weight excluding hydrogens is 329 g/mol. The smallest absolute Gasteiger partial charge is 0.319 e. The maximum atomic E-state index is 12.7. The average Bonchev–Trinajstić information content (AvgIpc) is 2.60. The van der Waals surface area contributed by atoms with Gasteiger partial charge in [0, 0.05) is 24.4 Å². The summed E-state index contributed by atoms with van der Waals surface area (Å²) in [5, 5.41) is 15.8. The molecule has 2 amide bonds. The lowest BCUT2D eigenvalue weighted by Gasteiger charge is -2.08. The first-order valence-electron chi connectivity index (χ1n) is 7.72. The first-order valence-corrected chi connectivity index (χ1v) is 7.72. The molecule has 0 fully saturated rings. The van der Waals surface area contributed by atoms with Crippen molar-refractivity contribution in [2.75, 3.05) is 18.5 Å². The molecule has 0 atom stereocenters. The Labute approximate surface area is 144 Å². The number of non-ortho nitro benzene ring substituents is 1. The Balaban J connectivity index is 1.59. The van der Waals surface area contributed by atoms with Crippen LogP contribution in [0.15, 0.2) is 48.5 Å². The largest absolute Gasteiger partial charge is 0.494 e. The normalized spacial score (nSPS) is 10.1. The van der Waals surface area contributed by atoms with Crippen LogP contribution in [0.5, 0.6) is 5.75 Å². The quantitative estimate of drug-likeness (QED) is 0.432. The Kier molecular flexibility index (Phi) is 6.70. The molecule has 0 unspecified atom stereocenters. The highest BCUT2D eigenvalue weighted by atomic mass is 19.1. The van der Waals surface area contributed by atoms with Crippen molar-refractivity contribution < 1.29 is 18.8 Å². The number of ether oxygens (including phenoxy) is 1. The first kappa shape index (κ1) is 18.2. The number of unbranched alkanes of at least 4 members (excludes halogenated alkanes) is 1. The van der Waals surface area contributed by atoms with Crippen LogP contribution in [0.4, 0.5) is 20.6 Å². The number of nitro groups is 1. The fourth-order valence-electron chi connectivity index (χ4n) is 1.99. The zero-order chi connectivity index (χ0) is 18.1. The number of halogens is 1. The zero-order valence-corrected chi connectivity index (χ0v) is 13.4. The van der Waals surface area contributed by atoms with Crippen molar-refractivity contribution in [1.29, 1.82) is 0 Å². The summed E-state index contributed by atoms with van der Waals surface area (Å²) in [6.07, 6.45) is 1.45. The van der Waals surface area contributed by atoms with Gasteiger partial charge in [0.25, 0.3) is 5.69 Å². The Hall–Kier alpha value is -3.16. The highest BCUT2D eigenvalue weighted by molar-refractivity contribution is 5.89. The second-order valence-electron chi connectivity index (χ2n) is 5.19. The van der Waals surface area contributed by atoms with E-state index in [0.29, 0.717) is 24.6 Å². The molecule has 0 aromatic heterocycles. The van der Waals surface area contributed by atoms with E-state index in [1.807, 2.05) is 0 Å². The number of hydrogen-bond acceptors (Lipinski definition) is 4. The Morgan fingerprint density at radius 3 is 2.40 bits per heavy atom. The lowest BCUT2D eigenvalue weighted by Crippen LogP contribution is -2.29.